The smallest absolute Gasteiger partial charge is 0.261 e. The third-order valence-electron chi connectivity index (χ3n) is 6.22. The number of amides is 2. The number of aliphatic hydroxyl groups excluding tert-OH is 2. The number of hydrogen-bond donors (Lipinski definition) is 4. The lowest BCUT2D eigenvalue weighted by Gasteiger charge is -2.32. The lowest BCUT2D eigenvalue weighted by atomic mass is 9.83. The highest BCUT2D eigenvalue weighted by Crippen LogP contribution is 2.25. The van der Waals surface area contributed by atoms with Gasteiger partial charge in [-0.15, -0.1) is 0 Å². The highest BCUT2D eigenvalue weighted by molar-refractivity contribution is 5.93. The molecule has 0 saturated heterocycles. The molecule has 0 fully saturated rings. The van der Waals surface area contributed by atoms with Gasteiger partial charge in [-0.1, -0.05) is 44.1 Å². The van der Waals surface area contributed by atoms with Crippen LogP contribution in [0.15, 0.2) is 35.6 Å². The van der Waals surface area contributed by atoms with Crippen molar-refractivity contribution in [2.45, 2.75) is 72.3 Å². The summed E-state index contributed by atoms with van der Waals surface area (Å²) in [5, 5.41) is 28.2. The van der Waals surface area contributed by atoms with Crippen LogP contribution in [0.25, 0.3) is 10.9 Å². The third-order valence-corrected chi connectivity index (χ3v) is 6.22. The van der Waals surface area contributed by atoms with E-state index < -0.39 is 42.3 Å². The molecule has 1 aromatic carbocycles. The molecule has 0 saturated carbocycles. The Hall–Kier alpha value is -2.95. The lowest BCUT2D eigenvalue weighted by Crippen LogP contribution is -2.50. The molecule has 0 spiro atoms. The van der Waals surface area contributed by atoms with Gasteiger partial charge in [0.1, 0.15) is 24.0 Å². The fraction of sp³-hybridized carbons (Fsp3) is 0.593. The van der Waals surface area contributed by atoms with Crippen molar-refractivity contribution in [3.8, 4) is 0 Å². The Morgan fingerprint density at radius 2 is 1.81 bits per heavy atom. The third kappa shape index (κ3) is 8.02. The van der Waals surface area contributed by atoms with Crippen molar-refractivity contribution in [1.82, 2.24) is 15.2 Å². The first-order chi connectivity index (χ1) is 17.4. The van der Waals surface area contributed by atoms with Gasteiger partial charge in [0, 0.05) is 43.7 Å². The molecule has 0 aliphatic heterocycles. The summed E-state index contributed by atoms with van der Waals surface area (Å²) in [5.41, 5.74) is 1.48. The molecule has 0 bridgehead atoms. The number of aromatic amines is 1. The van der Waals surface area contributed by atoms with Crippen molar-refractivity contribution in [2.24, 2.45) is 10.6 Å². The Labute approximate surface area is 219 Å². The molecule has 3 unspecified atom stereocenters. The number of hydrogen-bond acceptors (Lipinski definition) is 7. The highest BCUT2D eigenvalue weighted by atomic mass is 16.6. The van der Waals surface area contributed by atoms with Crippen molar-refractivity contribution in [3.63, 3.8) is 0 Å². The van der Waals surface area contributed by atoms with Gasteiger partial charge in [0.05, 0.1) is 6.10 Å². The topological polar surface area (TPSA) is 136 Å². The normalized spacial score (nSPS) is 15.6. The molecule has 10 heteroatoms. The van der Waals surface area contributed by atoms with Crippen molar-refractivity contribution in [2.75, 3.05) is 26.8 Å². The van der Waals surface area contributed by atoms with E-state index in [-0.39, 0.29) is 11.6 Å². The first-order valence-electron chi connectivity index (χ1n) is 12.7. The number of H-pyrrole nitrogens is 1. The Balaban J connectivity index is 2.21. The number of nitrogens with zero attached hydrogens (tertiary/aromatic N) is 2. The Bertz CT molecular complexity index is 1050. The Kier molecular flexibility index (Phi) is 11.1. The predicted octanol–water partition coefficient (Wildman–Crippen LogP) is 2.24. The number of nitrogens with one attached hydrogen (secondary N) is 2. The van der Waals surface area contributed by atoms with Gasteiger partial charge in [-0.25, -0.2) is 0 Å². The average Bonchev–Trinajstić information content (AvgIpc) is 3.25. The molecule has 4 atom stereocenters. The van der Waals surface area contributed by atoms with Crippen LogP contribution in [0.5, 0.6) is 0 Å². The largest absolute Gasteiger partial charge is 0.390 e. The van der Waals surface area contributed by atoms with Crippen molar-refractivity contribution in [1.29, 1.82) is 0 Å². The molecule has 37 heavy (non-hydrogen) atoms. The number of ether oxygens (including phenoxy) is 1. The molecule has 10 nitrogen and oxygen atoms in total. The zero-order valence-corrected chi connectivity index (χ0v) is 22.9. The molecule has 2 aromatic rings. The summed E-state index contributed by atoms with van der Waals surface area (Å²) in [4.78, 5) is 36.3. The Morgan fingerprint density at radius 1 is 1.16 bits per heavy atom. The van der Waals surface area contributed by atoms with E-state index in [0.717, 1.165) is 16.5 Å². The molecule has 0 aliphatic carbocycles. The summed E-state index contributed by atoms with van der Waals surface area (Å²) in [5.74, 6) is -0.728. The van der Waals surface area contributed by atoms with E-state index in [1.165, 1.54) is 14.0 Å². The second kappa shape index (κ2) is 13.6. The van der Waals surface area contributed by atoms with Gasteiger partial charge in [-0.05, 0) is 37.8 Å². The van der Waals surface area contributed by atoms with Crippen LogP contribution in [-0.4, -0.2) is 88.8 Å². The van der Waals surface area contributed by atoms with Crippen LogP contribution in [0.3, 0.4) is 0 Å². The molecule has 1 heterocycles. The maximum Gasteiger partial charge on any atom is 0.261 e. The number of benzene rings is 1. The van der Waals surface area contributed by atoms with Crippen LogP contribution in [0.4, 0.5) is 0 Å². The van der Waals surface area contributed by atoms with Crippen LogP contribution >= 0.6 is 0 Å². The van der Waals surface area contributed by atoms with Gasteiger partial charge in [-0.2, -0.15) is 0 Å². The van der Waals surface area contributed by atoms with E-state index in [1.807, 2.05) is 65.1 Å². The van der Waals surface area contributed by atoms with E-state index in [0.29, 0.717) is 19.5 Å². The molecule has 0 radical (unpaired) electrons. The summed E-state index contributed by atoms with van der Waals surface area (Å²) in [7, 11) is 1.47. The summed E-state index contributed by atoms with van der Waals surface area (Å²) in [6, 6.07) is 6.97. The predicted molar refractivity (Wildman–Crippen MR) is 143 cm³/mol. The molecule has 206 valence electrons. The van der Waals surface area contributed by atoms with Gasteiger partial charge < -0.3 is 35.0 Å². The number of oxime groups is 1. The summed E-state index contributed by atoms with van der Waals surface area (Å²) < 4.78 is 5.51. The fourth-order valence-corrected chi connectivity index (χ4v) is 4.30. The van der Waals surface area contributed by atoms with Crippen molar-refractivity contribution < 1.29 is 29.4 Å². The molecule has 2 rings (SSSR count). The zero-order valence-electron chi connectivity index (χ0n) is 22.9. The number of carbonyl (C=O) groups excluding carboxylic acids is 2. The summed E-state index contributed by atoms with van der Waals surface area (Å²) in [6.07, 6.45) is -0.981. The molecule has 4 N–H and O–H groups in total. The average molecular weight is 519 g/mol. The van der Waals surface area contributed by atoms with Crippen molar-refractivity contribution in [3.05, 3.63) is 36.0 Å². The first-order valence-corrected chi connectivity index (χ1v) is 12.7. The number of fused-ring (bicyclic) bond motifs is 1. The number of likely N-dealkylation sites (N-methyl/N-ethyl adjacent to an activating group) is 1. The van der Waals surface area contributed by atoms with Gasteiger partial charge in [0.15, 0.2) is 6.61 Å². The van der Waals surface area contributed by atoms with Crippen LogP contribution < -0.4 is 5.32 Å². The summed E-state index contributed by atoms with van der Waals surface area (Å²) >= 11 is 0. The maximum atomic E-state index is 13.2. The van der Waals surface area contributed by atoms with E-state index in [9.17, 15) is 19.8 Å². The van der Waals surface area contributed by atoms with Gasteiger partial charge in [0.25, 0.3) is 5.91 Å². The monoisotopic (exact) mass is 518 g/mol. The molecular weight excluding hydrogens is 476 g/mol. The number of methoxy groups -OCH3 is 1. The second-order valence-electron chi connectivity index (χ2n) is 10.2. The number of aliphatic hydroxyl groups is 2. The Morgan fingerprint density at radius 3 is 2.38 bits per heavy atom. The standard InChI is InChI=1S/C27H42N4O6/c1-8-31(9-2)26(35)21(14-18-15-28-20-13-11-10-12-19(18)20)29-22(33)16-37-30-23(24(34)17(3)32)25(36-7)27(4,5)6/h10-13,15,17,21,24-25,28,32,34H,8-9,14,16H2,1-7H3,(H,29,33)/b30-23+/t17?,21?,24?,25-/m1/s1. The van der Waals surface area contributed by atoms with Crippen LogP contribution in [0.1, 0.15) is 47.1 Å². The number of para-hydroxylation sites is 1. The van der Waals surface area contributed by atoms with Crippen LogP contribution in [-0.2, 0) is 25.6 Å². The zero-order chi connectivity index (χ0) is 27.8. The number of carbonyl (C=O) groups is 2. The molecule has 0 aliphatic rings. The highest BCUT2D eigenvalue weighted by Gasteiger charge is 2.36. The number of aromatic nitrogens is 1. The first kappa shape index (κ1) is 30.3. The van der Waals surface area contributed by atoms with Crippen molar-refractivity contribution >= 4 is 28.4 Å². The second-order valence-corrected chi connectivity index (χ2v) is 10.2. The SMILES string of the molecule is CCN(CC)C(=O)C(Cc1c[nH]c2ccccc12)NC(=O)CO/N=C(\C(O)C(C)O)[C@@H](OC)C(C)(C)C. The molecular formula is C27H42N4O6. The molecule has 1 aromatic heterocycles. The van der Waals surface area contributed by atoms with E-state index in [1.54, 1.807) is 4.90 Å². The van der Waals surface area contributed by atoms with E-state index in [4.69, 9.17) is 9.57 Å². The minimum absolute atomic E-state index is 0.0763. The quantitative estimate of drug-likeness (QED) is 0.237. The van der Waals surface area contributed by atoms with E-state index >= 15 is 0 Å². The maximum absolute atomic E-state index is 13.2. The number of rotatable bonds is 13. The van der Waals surface area contributed by atoms with E-state index in [2.05, 4.69) is 15.5 Å². The lowest BCUT2D eigenvalue weighted by molar-refractivity contribution is -0.137. The molecule has 2 amide bonds. The van der Waals surface area contributed by atoms with Crippen LogP contribution in [0.2, 0.25) is 0 Å². The minimum atomic E-state index is -1.34. The minimum Gasteiger partial charge on any atom is -0.390 e. The van der Waals surface area contributed by atoms with Gasteiger partial charge in [0.2, 0.25) is 5.91 Å². The van der Waals surface area contributed by atoms with Gasteiger partial charge in [-0.3, -0.25) is 9.59 Å². The van der Waals surface area contributed by atoms with Gasteiger partial charge >= 0.3 is 0 Å². The van der Waals surface area contributed by atoms with Crippen LogP contribution in [0, 0.1) is 5.41 Å². The fourth-order valence-electron chi connectivity index (χ4n) is 4.30. The summed E-state index contributed by atoms with van der Waals surface area (Å²) in [6.45, 7) is 11.4.